The van der Waals surface area contributed by atoms with Gasteiger partial charge in [0.2, 0.25) is 0 Å². The lowest BCUT2D eigenvalue weighted by atomic mass is 10.2. The Balaban J connectivity index is 2.89. The molecule has 1 rings (SSSR count). The van der Waals surface area contributed by atoms with E-state index in [-0.39, 0.29) is 6.10 Å². The first kappa shape index (κ1) is 8.85. The largest absolute Gasteiger partial charge is 0.490 e. The van der Waals surface area contributed by atoms with Gasteiger partial charge in [-0.25, -0.2) is 0 Å². The van der Waals surface area contributed by atoms with Gasteiger partial charge in [-0.1, -0.05) is 18.7 Å². The molecule has 0 aliphatic rings. The van der Waals surface area contributed by atoms with Crippen molar-refractivity contribution >= 4 is 6.08 Å². The molecule has 0 saturated heterocycles. The number of hydrogen-bond donors (Lipinski definition) is 0. The van der Waals surface area contributed by atoms with Gasteiger partial charge in [0.05, 0.1) is 6.10 Å². The van der Waals surface area contributed by atoms with Gasteiger partial charge in [-0.15, -0.1) is 0 Å². The van der Waals surface area contributed by atoms with Crippen LogP contribution in [0.3, 0.4) is 0 Å². The predicted octanol–water partition coefficient (Wildman–Crippen LogP) is 2.92. The Kier molecular flexibility index (Phi) is 2.92. The molecule has 0 aliphatic carbocycles. The molecule has 0 atom stereocenters. The number of benzene rings is 1. The van der Waals surface area contributed by atoms with E-state index in [1.54, 1.807) is 6.08 Å². The molecule has 0 N–H and O–H groups in total. The van der Waals surface area contributed by atoms with Crippen LogP contribution in [0.4, 0.5) is 0 Å². The lowest BCUT2D eigenvalue weighted by molar-refractivity contribution is 0.242. The fourth-order valence-corrected chi connectivity index (χ4v) is 0.950. The van der Waals surface area contributed by atoms with E-state index in [0.717, 1.165) is 11.3 Å². The molecule has 1 aromatic rings. The molecule has 1 heteroatoms. The van der Waals surface area contributed by atoms with Crippen LogP contribution < -0.4 is 4.74 Å². The van der Waals surface area contributed by atoms with E-state index in [1.807, 2.05) is 32.0 Å². The maximum atomic E-state index is 5.54. The Labute approximate surface area is 73.7 Å². The molecule has 0 heterocycles. The molecule has 0 unspecified atom stereocenters. The Bertz CT molecular complexity index is 263. The van der Waals surface area contributed by atoms with E-state index in [0.29, 0.717) is 0 Å². The van der Waals surface area contributed by atoms with Crippen LogP contribution in [0.2, 0.25) is 0 Å². The lowest BCUT2D eigenvalue weighted by Gasteiger charge is -2.11. The van der Waals surface area contributed by atoms with E-state index in [2.05, 4.69) is 12.6 Å². The Morgan fingerprint density at radius 1 is 1.58 bits per heavy atom. The summed E-state index contributed by atoms with van der Waals surface area (Å²) in [5, 5.41) is 0. The molecular formula is C11H13O. The van der Waals surface area contributed by atoms with Gasteiger partial charge in [0.1, 0.15) is 5.75 Å². The molecule has 0 amide bonds. The number of hydrogen-bond acceptors (Lipinski definition) is 1. The normalized spacial score (nSPS) is 9.92. The molecule has 0 fully saturated rings. The second-order valence-electron chi connectivity index (χ2n) is 2.83. The maximum absolute atomic E-state index is 5.54. The molecule has 12 heavy (non-hydrogen) atoms. The quantitative estimate of drug-likeness (QED) is 0.662. The summed E-state index contributed by atoms with van der Waals surface area (Å²) in [5.41, 5.74) is 0.992. The molecule has 1 nitrogen and oxygen atoms in total. The van der Waals surface area contributed by atoms with Gasteiger partial charge in [-0.2, -0.15) is 0 Å². The molecule has 1 aromatic carbocycles. The summed E-state index contributed by atoms with van der Waals surface area (Å²) in [4.78, 5) is 0. The Morgan fingerprint density at radius 3 is 2.92 bits per heavy atom. The van der Waals surface area contributed by atoms with Gasteiger partial charge < -0.3 is 4.74 Å². The van der Waals surface area contributed by atoms with Gasteiger partial charge in [-0.05, 0) is 32.0 Å². The summed E-state index contributed by atoms with van der Waals surface area (Å²) in [6.07, 6.45) is 1.97. The van der Waals surface area contributed by atoms with Crippen LogP contribution in [0.15, 0.2) is 24.8 Å². The van der Waals surface area contributed by atoms with Crippen molar-refractivity contribution in [1.29, 1.82) is 0 Å². The minimum atomic E-state index is 0.200. The Hall–Kier alpha value is -1.24. The fraction of sp³-hybridized carbons (Fsp3) is 0.273. The van der Waals surface area contributed by atoms with Crippen molar-refractivity contribution in [2.75, 3.05) is 0 Å². The minimum Gasteiger partial charge on any atom is -0.490 e. The summed E-state index contributed by atoms with van der Waals surface area (Å²) in [6, 6.07) is 8.58. The third-order valence-corrected chi connectivity index (χ3v) is 1.44. The molecule has 1 radical (unpaired) electrons. The second kappa shape index (κ2) is 3.96. The lowest BCUT2D eigenvalue weighted by Crippen LogP contribution is -2.06. The zero-order chi connectivity index (χ0) is 8.97. The van der Waals surface area contributed by atoms with Crippen LogP contribution >= 0.6 is 0 Å². The smallest absolute Gasteiger partial charge is 0.126 e. The highest BCUT2D eigenvalue weighted by Gasteiger charge is 2.00. The van der Waals surface area contributed by atoms with Crippen molar-refractivity contribution in [2.24, 2.45) is 0 Å². The van der Waals surface area contributed by atoms with Crippen LogP contribution in [-0.4, -0.2) is 6.10 Å². The van der Waals surface area contributed by atoms with E-state index < -0.39 is 0 Å². The average molecular weight is 161 g/mol. The summed E-state index contributed by atoms with van der Waals surface area (Å²) in [5.74, 6) is 0.874. The third-order valence-electron chi connectivity index (χ3n) is 1.44. The Morgan fingerprint density at radius 2 is 2.33 bits per heavy atom. The van der Waals surface area contributed by atoms with Crippen molar-refractivity contribution in [2.45, 2.75) is 20.0 Å². The van der Waals surface area contributed by atoms with Crippen LogP contribution in [0.1, 0.15) is 19.4 Å². The number of ether oxygens (including phenoxy) is 1. The van der Waals surface area contributed by atoms with Crippen molar-refractivity contribution < 1.29 is 4.74 Å². The first-order chi connectivity index (χ1) is 5.74. The van der Waals surface area contributed by atoms with Crippen LogP contribution in [0.5, 0.6) is 5.75 Å². The van der Waals surface area contributed by atoms with Gasteiger partial charge in [0.15, 0.2) is 0 Å². The SMILES string of the molecule is C=Cc1c[c]ccc1OC(C)C. The van der Waals surface area contributed by atoms with E-state index in [9.17, 15) is 0 Å². The highest BCUT2D eigenvalue weighted by molar-refractivity contribution is 5.55. The fourth-order valence-electron chi connectivity index (χ4n) is 0.950. The van der Waals surface area contributed by atoms with Gasteiger partial charge in [-0.3, -0.25) is 0 Å². The van der Waals surface area contributed by atoms with Gasteiger partial charge in [0.25, 0.3) is 0 Å². The van der Waals surface area contributed by atoms with Crippen LogP contribution in [0.25, 0.3) is 6.08 Å². The van der Waals surface area contributed by atoms with Crippen molar-refractivity contribution in [3.63, 3.8) is 0 Å². The van der Waals surface area contributed by atoms with Gasteiger partial charge in [0, 0.05) is 5.56 Å². The third kappa shape index (κ3) is 2.12. The topological polar surface area (TPSA) is 9.23 Å². The summed E-state index contributed by atoms with van der Waals surface area (Å²) in [6.45, 7) is 7.71. The zero-order valence-electron chi connectivity index (χ0n) is 7.50. The van der Waals surface area contributed by atoms with Crippen molar-refractivity contribution in [3.8, 4) is 5.75 Å². The molecule has 63 valence electrons. The van der Waals surface area contributed by atoms with E-state index >= 15 is 0 Å². The predicted molar refractivity (Wildman–Crippen MR) is 51.1 cm³/mol. The molecule has 0 saturated carbocycles. The average Bonchev–Trinajstić information content (AvgIpc) is 2.04. The summed E-state index contributed by atoms with van der Waals surface area (Å²) < 4.78 is 5.54. The second-order valence-corrected chi connectivity index (χ2v) is 2.83. The monoisotopic (exact) mass is 161 g/mol. The maximum Gasteiger partial charge on any atom is 0.126 e. The molecule has 0 aromatic heterocycles. The minimum absolute atomic E-state index is 0.200. The summed E-state index contributed by atoms with van der Waals surface area (Å²) >= 11 is 0. The van der Waals surface area contributed by atoms with Gasteiger partial charge >= 0.3 is 0 Å². The molecule has 0 bridgehead atoms. The highest BCUT2D eigenvalue weighted by atomic mass is 16.5. The standard InChI is InChI=1S/C11H13O/c1-4-10-7-5-6-8-11(10)12-9(2)3/h4,6-9H,1H2,2-3H3. The van der Waals surface area contributed by atoms with Crippen molar-refractivity contribution in [1.82, 2.24) is 0 Å². The van der Waals surface area contributed by atoms with Crippen molar-refractivity contribution in [3.05, 3.63) is 36.4 Å². The zero-order valence-corrected chi connectivity index (χ0v) is 7.50. The summed E-state index contributed by atoms with van der Waals surface area (Å²) in [7, 11) is 0. The molecule has 0 aliphatic heterocycles. The first-order valence-electron chi connectivity index (χ1n) is 4.03. The van der Waals surface area contributed by atoms with Crippen LogP contribution in [0, 0.1) is 6.07 Å². The molecule has 0 spiro atoms. The van der Waals surface area contributed by atoms with E-state index in [4.69, 9.17) is 4.74 Å². The highest BCUT2D eigenvalue weighted by Crippen LogP contribution is 2.19. The van der Waals surface area contributed by atoms with Crippen LogP contribution in [-0.2, 0) is 0 Å². The number of rotatable bonds is 3. The molecular weight excluding hydrogens is 148 g/mol. The van der Waals surface area contributed by atoms with E-state index in [1.165, 1.54) is 0 Å². The first-order valence-corrected chi connectivity index (χ1v) is 4.03.